The highest BCUT2D eigenvalue weighted by molar-refractivity contribution is 6.35. The van der Waals surface area contributed by atoms with Crippen LogP contribution in [0.2, 0.25) is 10.0 Å². The number of fused-ring (bicyclic) bond motifs is 1. The smallest absolute Gasteiger partial charge is 0.0456 e. The minimum Gasteiger partial charge on any atom is -0.309 e. The lowest BCUT2D eigenvalue weighted by molar-refractivity contribution is 0.477. The van der Waals surface area contributed by atoms with E-state index < -0.39 is 0 Å². The molecule has 3 rings (SSSR count). The second-order valence-electron chi connectivity index (χ2n) is 5.00. The van der Waals surface area contributed by atoms with Crippen molar-refractivity contribution < 1.29 is 0 Å². The molecule has 98 valence electrons. The van der Waals surface area contributed by atoms with Gasteiger partial charge in [0.2, 0.25) is 0 Å². The summed E-state index contributed by atoms with van der Waals surface area (Å²) in [5, 5.41) is 5.07. The molecule has 0 aromatic heterocycles. The third-order valence-corrected chi connectivity index (χ3v) is 4.16. The Morgan fingerprint density at radius 1 is 1.11 bits per heavy atom. The largest absolute Gasteiger partial charge is 0.309 e. The average Bonchev–Trinajstić information content (AvgIpc) is 2.40. The van der Waals surface area contributed by atoms with E-state index in [-0.39, 0.29) is 0 Å². The van der Waals surface area contributed by atoms with E-state index in [1.165, 1.54) is 16.7 Å². The van der Waals surface area contributed by atoms with Crippen LogP contribution in [0, 0.1) is 0 Å². The third kappa shape index (κ3) is 2.94. The van der Waals surface area contributed by atoms with Gasteiger partial charge in [-0.15, -0.1) is 0 Å². The van der Waals surface area contributed by atoms with E-state index in [1.54, 1.807) is 0 Å². The van der Waals surface area contributed by atoms with E-state index in [4.69, 9.17) is 23.2 Å². The van der Waals surface area contributed by atoms with Crippen molar-refractivity contribution in [2.45, 2.75) is 25.4 Å². The maximum Gasteiger partial charge on any atom is 0.0456 e. The van der Waals surface area contributed by atoms with Gasteiger partial charge in [-0.3, -0.25) is 0 Å². The minimum atomic E-state index is 0.438. The quantitative estimate of drug-likeness (QED) is 0.872. The van der Waals surface area contributed by atoms with Gasteiger partial charge in [0.1, 0.15) is 0 Å². The normalized spacial score (nSPS) is 18.1. The molecule has 0 radical (unpaired) electrons. The molecular weight excluding hydrogens is 277 g/mol. The molecule has 2 aromatic carbocycles. The van der Waals surface area contributed by atoms with E-state index in [0.29, 0.717) is 11.1 Å². The van der Waals surface area contributed by atoms with Crippen LogP contribution in [0.3, 0.4) is 0 Å². The molecular formula is C16H15Cl2N. The summed E-state index contributed by atoms with van der Waals surface area (Å²) in [6.07, 6.45) is 1.99. The van der Waals surface area contributed by atoms with Gasteiger partial charge in [-0.05, 0) is 41.7 Å². The first-order valence-electron chi connectivity index (χ1n) is 6.46. The SMILES string of the molecule is Clc1cc(Cl)c2c(c1)CNC(Cc1ccccc1)C2. The van der Waals surface area contributed by atoms with Crippen LogP contribution in [0.15, 0.2) is 42.5 Å². The van der Waals surface area contributed by atoms with E-state index in [1.807, 2.05) is 18.2 Å². The summed E-state index contributed by atoms with van der Waals surface area (Å²) in [5.74, 6) is 0. The standard InChI is InChI=1S/C16H15Cl2N/c17-13-7-12-10-19-14(9-15(12)16(18)8-13)6-11-4-2-1-3-5-11/h1-5,7-8,14,19H,6,9-10H2. The first-order valence-corrected chi connectivity index (χ1v) is 7.22. The molecule has 0 aliphatic carbocycles. The first kappa shape index (κ1) is 13.0. The van der Waals surface area contributed by atoms with Crippen LogP contribution < -0.4 is 5.32 Å². The van der Waals surface area contributed by atoms with Crippen molar-refractivity contribution in [1.29, 1.82) is 0 Å². The molecule has 0 amide bonds. The fourth-order valence-corrected chi connectivity index (χ4v) is 3.27. The van der Waals surface area contributed by atoms with Crippen molar-refractivity contribution in [2.24, 2.45) is 0 Å². The molecule has 0 saturated carbocycles. The highest BCUT2D eigenvalue weighted by atomic mass is 35.5. The van der Waals surface area contributed by atoms with Gasteiger partial charge < -0.3 is 5.32 Å². The van der Waals surface area contributed by atoms with E-state index in [2.05, 4.69) is 29.6 Å². The molecule has 0 saturated heterocycles. The summed E-state index contributed by atoms with van der Waals surface area (Å²) >= 11 is 12.3. The molecule has 2 aromatic rings. The molecule has 1 nitrogen and oxygen atoms in total. The molecule has 0 fully saturated rings. The second kappa shape index (κ2) is 5.54. The molecule has 1 heterocycles. The van der Waals surface area contributed by atoms with Crippen molar-refractivity contribution in [3.05, 3.63) is 69.2 Å². The molecule has 0 bridgehead atoms. The van der Waals surface area contributed by atoms with Crippen LogP contribution in [0.1, 0.15) is 16.7 Å². The Morgan fingerprint density at radius 2 is 1.89 bits per heavy atom. The van der Waals surface area contributed by atoms with Gasteiger partial charge in [-0.2, -0.15) is 0 Å². The van der Waals surface area contributed by atoms with Crippen molar-refractivity contribution in [3.8, 4) is 0 Å². The van der Waals surface area contributed by atoms with Gasteiger partial charge in [0, 0.05) is 22.6 Å². The van der Waals surface area contributed by atoms with Gasteiger partial charge >= 0.3 is 0 Å². The summed E-state index contributed by atoms with van der Waals surface area (Å²) in [6, 6.07) is 14.8. The topological polar surface area (TPSA) is 12.0 Å². The van der Waals surface area contributed by atoms with Crippen LogP contribution >= 0.6 is 23.2 Å². The highest BCUT2D eigenvalue weighted by Gasteiger charge is 2.20. The molecule has 3 heteroatoms. The van der Waals surface area contributed by atoms with Gasteiger partial charge in [-0.1, -0.05) is 53.5 Å². The van der Waals surface area contributed by atoms with Gasteiger partial charge in [0.15, 0.2) is 0 Å². The lowest BCUT2D eigenvalue weighted by Crippen LogP contribution is -2.37. The first-order chi connectivity index (χ1) is 9.22. The van der Waals surface area contributed by atoms with Crippen molar-refractivity contribution >= 4 is 23.2 Å². The van der Waals surface area contributed by atoms with Crippen LogP contribution in [-0.2, 0) is 19.4 Å². The Kier molecular flexibility index (Phi) is 3.79. The van der Waals surface area contributed by atoms with E-state index in [9.17, 15) is 0 Å². The Bertz CT molecular complexity index is 581. The molecule has 1 aliphatic rings. The van der Waals surface area contributed by atoms with Crippen LogP contribution in [-0.4, -0.2) is 6.04 Å². The zero-order valence-electron chi connectivity index (χ0n) is 10.5. The van der Waals surface area contributed by atoms with Crippen LogP contribution in [0.25, 0.3) is 0 Å². The third-order valence-electron chi connectivity index (χ3n) is 3.61. The molecule has 0 spiro atoms. The Morgan fingerprint density at radius 3 is 2.68 bits per heavy atom. The van der Waals surface area contributed by atoms with Gasteiger partial charge in [-0.25, -0.2) is 0 Å². The van der Waals surface area contributed by atoms with E-state index in [0.717, 1.165) is 24.4 Å². The fraction of sp³-hybridized carbons (Fsp3) is 0.250. The molecule has 1 aliphatic heterocycles. The predicted molar refractivity (Wildman–Crippen MR) is 80.9 cm³/mol. The fourth-order valence-electron chi connectivity index (χ4n) is 2.66. The molecule has 19 heavy (non-hydrogen) atoms. The lowest BCUT2D eigenvalue weighted by Gasteiger charge is -2.27. The van der Waals surface area contributed by atoms with Gasteiger partial charge in [0.25, 0.3) is 0 Å². The number of hydrogen-bond donors (Lipinski definition) is 1. The van der Waals surface area contributed by atoms with Crippen molar-refractivity contribution in [2.75, 3.05) is 0 Å². The predicted octanol–water partition coefficient (Wildman–Crippen LogP) is 4.25. The zero-order chi connectivity index (χ0) is 13.2. The zero-order valence-corrected chi connectivity index (χ0v) is 12.0. The number of hydrogen-bond acceptors (Lipinski definition) is 1. The highest BCUT2D eigenvalue weighted by Crippen LogP contribution is 2.29. The molecule has 1 N–H and O–H groups in total. The summed E-state index contributed by atoms with van der Waals surface area (Å²) in [5.41, 5.74) is 3.82. The Hall–Kier alpha value is -1.02. The average molecular weight is 292 g/mol. The number of rotatable bonds is 2. The van der Waals surface area contributed by atoms with Crippen LogP contribution in [0.5, 0.6) is 0 Å². The lowest BCUT2D eigenvalue weighted by atomic mass is 9.92. The maximum atomic E-state index is 6.30. The summed E-state index contributed by atoms with van der Waals surface area (Å²) in [6.45, 7) is 0.840. The summed E-state index contributed by atoms with van der Waals surface area (Å²) in [7, 11) is 0. The Labute approximate surface area is 123 Å². The maximum absolute atomic E-state index is 6.30. The summed E-state index contributed by atoms with van der Waals surface area (Å²) < 4.78 is 0. The molecule has 1 atom stereocenters. The number of halogens is 2. The minimum absolute atomic E-state index is 0.438. The number of benzene rings is 2. The number of nitrogens with one attached hydrogen (secondary N) is 1. The molecule has 1 unspecified atom stereocenters. The summed E-state index contributed by atoms with van der Waals surface area (Å²) in [4.78, 5) is 0. The van der Waals surface area contributed by atoms with E-state index >= 15 is 0 Å². The van der Waals surface area contributed by atoms with Gasteiger partial charge in [0.05, 0.1) is 0 Å². The van der Waals surface area contributed by atoms with Crippen LogP contribution in [0.4, 0.5) is 0 Å². The Balaban J connectivity index is 1.79. The van der Waals surface area contributed by atoms with Crippen molar-refractivity contribution in [1.82, 2.24) is 5.32 Å². The van der Waals surface area contributed by atoms with Crippen molar-refractivity contribution in [3.63, 3.8) is 0 Å². The monoisotopic (exact) mass is 291 g/mol. The second-order valence-corrected chi connectivity index (χ2v) is 5.84.